The summed E-state index contributed by atoms with van der Waals surface area (Å²) in [6, 6.07) is 8.64. The van der Waals surface area contributed by atoms with Gasteiger partial charge in [0.05, 0.1) is 29.3 Å². The number of hydrogen-bond acceptors (Lipinski definition) is 9. The van der Waals surface area contributed by atoms with E-state index in [1.807, 2.05) is 13.8 Å². The first-order valence-electron chi connectivity index (χ1n) is 10.1. The number of benzene rings is 2. The average Bonchev–Trinajstić information content (AvgIpc) is 3.27. The van der Waals surface area contributed by atoms with Crippen molar-refractivity contribution in [3.8, 4) is 38.7 Å². The van der Waals surface area contributed by atoms with Crippen LogP contribution in [-0.4, -0.2) is 45.3 Å². The quantitative estimate of drug-likeness (QED) is 0.291. The van der Waals surface area contributed by atoms with Crippen LogP contribution in [0.5, 0.6) is 11.5 Å². The first kappa shape index (κ1) is 29.9. The van der Waals surface area contributed by atoms with E-state index >= 15 is 0 Å². The van der Waals surface area contributed by atoms with Crippen LogP contribution in [0.2, 0.25) is 5.02 Å². The van der Waals surface area contributed by atoms with Gasteiger partial charge in [-0.15, -0.1) is 22.6 Å². The SMILES string of the molecule is CC(C)Oc1ccc(-c2nnc(-c3cc(F)c(OC[C@@H](N)COP(=O)(O)O)cc3Cl)s2)cc1C#N.Cl. The Balaban J connectivity index is 0.00000456. The highest BCUT2D eigenvalue weighted by Crippen LogP contribution is 2.38. The third-order valence-corrected chi connectivity index (χ3v) is 6.10. The maximum Gasteiger partial charge on any atom is 0.469 e. The Labute approximate surface area is 221 Å². The van der Waals surface area contributed by atoms with E-state index in [0.717, 1.165) is 17.4 Å². The highest BCUT2D eigenvalue weighted by atomic mass is 35.5. The fourth-order valence-electron chi connectivity index (χ4n) is 2.80. The summed E-state index contributed by atoms with van der Waals surface area (Å²) in [4.78, 5) is 17.4. The largest absolute Gasteiger partial charge is 0.490 e. The van der Waals surface area contributed by atoms with Crippen molar-refractivity contribution < 1.29 is 32.7 Å². The Morgan fingerprint density at radius 2 is 1.89 bits per heavy atom. The molecule has 0 aliphatic heterocycles. The molecule has 0 aliphatic carbocycles. The van der Waals surface area contributed by atoms with Gasteiger partial charge in [0, 0.05) is 17.2 Å². The molecule has 10 nitrogen and oxygen atoms in total. The zero-order valence-electron chi connectivity index (χ0n) is 18.9. The van der Waals surface area contributed by atoms with Crippen molar-refractivity contribution >= 4 is 43.2 Å². The Morgan fingerprint density at radius 1 is 1.19 bits per heavy atom. The molecule has 0 radical (unpaired) electrons. The number of rotatable bonds is 10. The smallest absolute Gasteiger partial charge is 0.469 e. The minimum absolute atomic E-state index is 0. The van der Waals surface area contributed by atoms with Crippen molar-refractivity contribution in [2.75, 3.05) is 13.2 Å². The van der Waals surface area contributed by atoms with Gasteiger partial charge >= 0.3 is 7.82 Å². The zero-order valence-corrected chi connectivity index (χ0v) is 22.2. The van der Waals surface area contributed by atoms with E-state index in [2.05, 4.69) is 20.8 Å². The van der Waals surface area contributed by atoms with Gasteiger partial charge in [0.15, 0.2) is 11.6 Å². The van der Waals surface area contributed by atoms with Crippen LogP contribution in [0.3, 0.4) is 0 Å². The van der Waals surface area contributed by atoms with Gasteiger partial charge in [0.1, 0.15) is 28.4 Å². The number of ether oxygens (including phenoxy) is 2. The van der Waals surface area contributed by atoms with Crippen LogP contribution in [0, 0.1) is 17.1 Å². The Morgan fingerprint density at radius 3 is 2.53 bits per heavy atom. The van der Waals surface area contributed by atoms with Gasteiger partial charge in [-0.1, -0.05) is 22.9 Å². The van der Waals surface area contributed by atoms with E-state index < -0.39 is 26.3 Å². The van der Waals surface area contributed by atoms with Crippen LogP contribution >= 0.6 is 43.2 Å². The number of phosphoric acid groups is 1. The van der Waals surface area contributed by atoms with Crippen molar-refractivity contribution in [3.63, 3.8) is 0 Å². The monoisotopic (exact) mass is 578 g/mol. The first-order chi connectivity index (χ1) is 16.5. The lowest BCUT2D eigenvalue weighted by Crippen LogP contribution is -2.32. The summed E-state index contributed by atoms with van der Waals surface area (Å²) in [7, 11) is -4.67. The maximum absolute atomic E-state index is 14.6. The molecule has 0 saturated carbocycles. The molecule has 1 heterocycles. The van der Waals surface area contributed by atoms with Crippen LogP contribution in [-0.2, 0) is 9.09 Å². The van der Waals surface area contributed by atoms with Crippen molar-refractivity contribution in [3.05, 3.63) is 46.7 Å². The molecule has 0 unspecified atom stereocenters. The molecule has 0 saturated heterocycles. The lowest BCUT2D eigenvalue weighted by Gasteiger charge is -2.15. The van der Waals surface area contributed by atoms with Gasteiger partial charge in [0.25, 0.3) is 0 Å². The summed E-state index contributed by atoms with van der Waals surface area (Å²) in [5.41, 5.74) is 6.94. The van der Waals surface area contributed by atoms with Crippen LogP contribution < -0.4 is 15.2 Å². The van der Waals surface area contributed by atoms with Gasteiger partial charge in [-0.2, -0.15) is 5.26 Å². The Hall–Kier alpha value is -2.33. The summed E-state index contributed by atoms with van der Waals surface area (Å²) < 4.78 is 40.6. The summed E-state index contributed by atoms with van der Waals surface area (Å²) in [5.74, 6) is -0.481. The van der Waals surface area contributed by atoms with Gasteiger partial charge in [-0.05, 0) is 38.1 Å². The molecule has 4 N–H and O–H groups in total. The number of phosphoric ester groups is 1. The van der Waals surface area contributed by atoms with Gasteiger partial charge in [-0.25, -0.2) is 8.96 Å². The van der Waals surface area contributed by atoms with Crippen LogP contribution in [0.4, 0.5) is 4.39 Å². The maximum atomic E-state index is 14.6. The van der Waals surface area contributed by atoms with Crippen molar-refractivity contribution in [1.29, 1.82) is 5.26 Å². The molecule has 2 aromatic carbocycles. The summed E-state index contributed by atoms with van der Waals surface area (Å²) in [5, 5.41) is 18.7. The standard InChI is InChI=1S/C21H21ClFN4O6PS.ClH/c1-11(2)33-18-4-3-12(5-13(18)8-24)20-26-27-21(35-20)15-6-17(23)19(7-16(15)22)31-9-14(25)10-32-34(28,29)30;/h3-7,11,14H,9-10,25H2,1-2H3,(H2,28,29,30);1H/t14-;/m1./s1. The molecule has 15 heteroatoms. The molecule has 3 aromatic rings. The van der Waals surface area contributed by atoms with E-state index in [0.29, 0.717) is 26.9 Å². The van der Waals surface area contributed by atoms with E-state index in [1.54, 1.807) is 18.2 Å². The summed E-state index contributed by atoms with van der Waals surface area (Å²) in [6.07, 6.45) is -0.0890. The van der Waals surface area contributed by atoms with Gasteiger partial charge in [-0.3, -0.25) is 4.52 Å². The second kappa shape index (κ2) is 12.8. The predicted octanol–water partition coefficient (Wildman–Crippen LogP) is 4.56. The van der Waals surface area contributed by atoms with Crippen LogP contribution in [0.25, 0.3) is 21.1 Å². The van der Waals surface area contributed by atoms with Crippen LogP contribution in [0.1, 0.15) is 19.4 Å². The molecule has 0 amide bonds. The van der Waals surface area contributed by atoms with Crippen LogP contribution in [0.15, 0.2) is 30.3 Å². The minimum atomic E-state index is -4.67. The highest BCUT2D eigenvalue weighted by Gasteiger charge is 2.19. The molecule has 0 spiro atoms. The number of nitriles is 1. The van der Waals surface area contributed by atoms with E-state index in [9.17, 15) is 14.2 Å². The first-order valence-corrected chi connectivity index (χ1v) is 12.8. The molecule has 0 aliphatic rings. The fourth-order valence-corrected chi connectivity index (χ4v) is 4.35. The molecule has 3 rings (SSSR count). The fraction of sp³-hybridized carbons (Fsp3) is 0.286. The van der Waals surface area contributed by atoms with E-state index in [4.69, 9.17) is 36.6 Å². The molecular formula is C21H22Cl2FN4O6PS. The third-order valence-electron chi connectivity index (χ3n) is 4.30. The van der Waals surface area contributed by atoms with Gasteiger partial charge in [0.2, 0.25) is 0 Å². The number of halogens is 3. The van der Waals surface area contributed by atoms with Gasteiger partial charge < -0.3 is 25.0 Å². The van der Waals surface area contributed by atoms with E-state index in [-0.39, 0.29) is 41.5 Å². The molecule has 0 fully saturated rings. The second-order valence-corrected chi connectivity index (χ2v) is 10.1. The summed E-state index contributed by atoms with van der Waals surface area (Å²) >= 11 is 7.48. The normalized spacial score (nSPS) is 12.1. The molecular weight excluding hydrogens is 557 g/mol. The minimum Gasteiger partial charge on any atom is -0.490 e. The molecule has 1 atom stereocenters. The number of nitrogens with zero attached hydrogens (tertiary/aromatic N) is 3. The lowest BCUT2D eigenvalue weighted by molar-refractivity contribution is 0.164. The second-order valence-electron chi connectivity index (χ2n) is 7.52. The predicted molar refractivity (Wildman–Crippen MR) is 135 cm³/mol. The molecule has 1 aromatic heterocycles. The highest BCUT2D eigenvalue weighted by molar-refractivity contribution is 7.46. The average molecular weight is 579 g/mol. The number of nitrogens with two attached hydrogens (primary N) is 1. The number of hydrogen-bond donors (Lipinski definition) is 3. The lowest BCUT2D eigenvalue weighted by atomic mass is 10.1. The Bertz CT molecular complexity index is 1300. The van der Waals surface area contributed by atoms with Crippen molar-refractivity contribution in [1.82, 2.24) is 10.2 Å². The topological polar surface area (TPSA) is 161 Å². The zero-order chi connectivity index (χ0) is 25.8. The molecule has 0 bridgehead atoms. The molecule has 194 valence electrons. The van der Waals surface area contributed by atoms with E-state index in [1.165, 1.54) is 6.07 Å². The number of aromatic nitrogens is 2. The summed E-state index contributed by atoms with van der Waals surface area (Å²) in [6.45, 7) is 2.97. The third kappa shape index (κ3) is 8.09. The van der Waals surface area contributed by atoms with Crippen molar-refractivity contribution in [2.45, 2.75) is 26.0 Å². The Kier molecular flexibility index (Phi) is 10.6. The molecule has 36 heavy (non-hydrogen) atoms. The van der Waals surface area contributed by atoms with Crippen molar-refractivity contribution in [2.24, 2.45) is 5.73 Å².